The van der Waals surface area contributed by atoms with Crippen molar-refractivity contribution in [1.82, 2.24) is 9.97 Å². The van der Waals surface area contributed by atoms with Gasteiger partial charge in [-0.05, 0) is 42.0 Å². The number of aliphatic hydroxyl groups is 1. The summed E-state index contributed by atoms with van der Waals surface area (Å²) in [6, 6.07) is 11.7. The highest BCUT2D eigenvalue weighted by atomic mass is 16.3. The van der Waals surface area contributed by atoms with Crippen molar-refractivity contribution in [2.24, 2.45) is 0 Å². The minimum Gasteiger partial charge on any atom is -0.507 e. The number of carbonyl (C=O) groups excluding carboxylic acids is 2. The Morgan fingerprint density at radius 3 is 2.14 bits per heavy atom. The number of hydrogen-bond donors (Lipinski definition) is 2. The molecular formula is C21H15N3O4. The number of rotatable bonds is 3. The van der Waals surface area contributed by atoms with Crippen molar-refractivity contribution < 1.29 is 19.8 Å². The summed E-state index contributed by atoms with van der Waals surface area (Å²) in [5.41, 5.74) is 1.06. The van der Waals surface area contributed by atoms with Gasteiger partial charge in [0.2, 0.25) is 0 Å². The van der Waals surface area contributed by atoms with Gasteiger partial charge < -0.3 is 10.2 Å². The van der Waals surface area contributed by atoms with Crippen molar-refractivity contribution in [3.05, 3.63) is 90.0 Å². The molecule has 138 valence electrons. The normalized spacial score (nSPS) is 18.4. The van der Waals surface area contributed by atoms with Gasteiger partial charge in [0.15, 0.2) is 0 Å². The molecule has 0 aliphatic carbocycles. The molecule has 4 rings (SSSR count). The Balaban J connectivity index is 1.97. The van der Waals surface area contributed by atoms with Crippen LogP contribution in [0.25, 0.3) is 5.76 Å². The molecule has 3 heterocycles. The molecule has 2 N–H and O–H groups in total. The van der Waals surface area contributed by atoms with Crippen LogP contribution in [0.1, 0.15) is 17.2 Å². The van der Waals surface area contributed by atoms with E-state index in [-0.39, 0.29) is 22.8 Å². The molecule has 0 saturated carbocycles. The van der Waals surface area contributed by atoms with Crippen LogP contribution >= 0.6 is 0 Å². The first-order valence-electron chi connectivity index (χ1n) is 8.49. The molecule has 1 saturated heterocycles. The topological polar surface area (TPSA) is 104 Å². The molecule has 7 nitrogen and oxygen atoms in total. The highest BCUT2D eigenvalue weighted by molar-refractivity contribution is 6.51. The molecule has 0 spiro atoms. The molecule has 0 bridgehead atoms. The number of pyridine rings is 2. The van der Waals surface area contributed by atoms with Gasteiger partial charge in [0.25, 0.3) is 11.7 Å². The summed E-state index contributed by atoms with van der Waals surface area (Å²) in [4.78, 5) is 34.8. The zero-order valence-corrected chi connectivity index (χ0v) is 14.6. The third kappa shape index (κ3) is 2.79. The number of aromatic hydroxyl groups is 1. The van der Waals surface area contributed by atoms with E-state index >= 15 is 0 Å². The van der Waals surface area contributed by atoms with Crippen LogP contribution in [-0.2, 0) is 9.59 Å². The van der Waals surface area contributed by atoms with Gasteiger partial charge in [0.1, 0.15) is 11.5 Å². The first kappa shape index (κ1) is 17.4. The number of carbonyl (C=O) groups is 2. The Morgan fingerprint density at radius 1 is 0.893 bits per heavy atom. The van der Waals surface area contributed by atoms with Crippen LogP contribution in [0.5, 0.6) is 5.75 Å². The Bertz CT molecular complexity index is 1080. The fourth-order valence-corrected chi connectivity index (χ4v) is 3.28. The predicted molar refractivity (Wildman–Crippen MR) is 101 cm³/mol. The maximum Gasteiger partial charge on any atom is 0.300 e. The zero-order chi connectivity index (χ0) is 19.7. The number of para-hydroxylation sites is 2. The first-order chi connectivity index (χ1) is 13.6. The lowest BCUT2D eigenvalue weighted by molar-refractivity contribution is -0.132. The number of hydrogen-bond acceptors (Lipinski definition) is 6. The largest absolute Gasteiger partial charge is 0.507 e. The number of nitrogens with zero attached hydrogens (tertiary/aromatic N) is 3. The molecule has 1 aliphatic rings. The first-order valence-corrected chi connectivity index (χ1v) is 8.49. The summed E-state index contributed by atoms with van der Waals surface area (Å²) in [5, 5.41) is 21.1. The van der Waals surface area contributed by atoms with E-state index in [0.29, 0.717) is 11.1 Å². The summed E-state index contributed by atoms with van der Waals surface area (Å²) in [6.07, 6.45) is 6.03. The number of anilines is 1. The second-order valence-electron chi connectivity index (χ2n) is 6.17. The SMILES string of the molecule is O=C1C(=O)N(c2ccccc2O)C(c2ccncc2)/C1=C(\O)c1ccncc1. The molecule has 0 radical (unpaired) electrons. The Kier molecular flexibility index (Phi) is 4.33. The van der Waals surface area contributed by atoms with Gasteiger partial charge in [-0.1, -0.05) is 12.1 Å². The maximum absolute atomic E-state index is 12.9. The Hall–Kier alpha value is -4.00. The molecular weight excluding hydrogens is 358 g/mol. The van der Waals surface area contributed by atoms with Crippen molar-refractivity contribution in [1.29, 1.82) is 0 Å². The third-order valence-electron chi connectivity index (χ3n) is 4.56. The van der Waals surface area contributed by atoms with E-state index in [1.54, 1.807) is 42.5 Å². The highest BCUT2D eigenvalue weighted by Gasteiger charge is 2.47. The fourth-order valence-electron chi connectivity index (χ4n) is 3.28. The van der Waals surface area contributed by atoms with E-state index in [2.05, 4.69) is 9.97 Å². The highest BCUT2D eigenvalue weighted by Crippen LogP contribution is 2.44. The number of ketones is 1. The van der Waals surface area contributed by atoms with Gasteiger partial charge in [-0.25, -0.2) is 0 Å². The number of phenols is 1. The van der Waals surface area contributed by atoms with Crippen molar-refractivity contribution in [3.8, 4) is 5.75 Å². The summed E-state index contributed by atoms with van der Waals surface area (Å²) in [6.45, 7) is 0. The lowest BCUT2D eigenvalue weighted by Crippen LogP contribution is -2.29. The number of phenolic OH excluding ortho intramolecular Hbond substituents is 1. The van der Waals surface area contributed by atoms with Gasteiger partial charge in [0, 0.05) is 30.4 Å². The Morgan fingerprint density at radius 2 is 1.50 bits per heavy atom. The van der Waals surface area contributed by atoms with Crippen LogP contribution in [0, 0.1) is 0 Å². The molecule has 2 aromatic heterocycles. The summed E-state index contributed by atoms with van der Waals surface area (Å²) in [7, 11) is 0. The van der Waals surface area contributed by atoms with Gasteiger partial charge >= 0.3 is 0 Å². The monoisotopic (exact) mass is 373 g/mol. The molecule has 1 aromatic carbocycles. The lowest BCUT2D eigenvalue weighted by Gasteiger charge is -2.25. The van der Waals surface area contributed by atoms with Crippen molar-refractivity contribution in [2.75, 3.05) is 4.90 Å². The number of amides is 1. The fraction of sp³-hybridized carbons (Fsp3) is 0.0476. The van der Waals surface area contributed by atoms with Crippen LogP contribution in [0.15, 0.2) is 78.9 Å². The van der Waals surface area contributed by atoms with E-state index in [1.165, 1.54) is 35.8 Å². The molecule has 7 heteroatoms. The second kappa shape index (κ2) is 6.96. The number of benzene rings is 1. The molecule has 28 heavy (non-hydrogen) atoms. The van der Waals surface area contributed by atoms with Crippen LogP contribution in [0.2, 0.25) is 0 Å². The smallest absolute Gasteiger partial charge is 0.300 e. The molecule has 1 atom stereocenters. The van der Waals surface area contributed by atoms with Gasteiger partial charge in [0.05, 0.1) is 17.3 Å². The van der Waals surface area contributed by atoms with Gasteiger partial charge in [-0.3, -0.25) is 24.5 Å². The quantitative estimate of drug-likeness (QED) is 0.416. The van der Waals surface area contributed by atoms with Crippen molar-refractivity contribution in [3.63, 3.8) is 0 Å². The lowest BCUT2D eigenvalue weighted by atomic mass is 9.96. The maximum atomic E-state index is 12.9. The number of aliphatic hydroxyl groups excluding tert-OH is 1. The zero-order valence-electron chi connectivity index (χ0n) is 14.6. The van der Waals surface area contributed by atoms with E-state index in [4.69, 9.17) is 0 Å². The summed E-state index contributed by atoms with van der Waals surface area (Å²) in [5.74, 6) is -2.12. The number of Topliss-reactive ketones (excluding diaryl/α,β-unsaturated/α-hetero) is 1. The van der Waals surface area contributed by atoms with E-state index in [9.17, 15) is 19.8 Å². The molecule has 1 fully saturated rings. The third-order valence-corrected chi connectivity index (χ3v) is 4.56. The minimum atomic E-state index is -0.913. The molecule has 1 aliphatic heterocycles. The standard InChI is InChI=1S/C21H15N3O4/c25-16-4-2-1-3-15(16)24-18(13-5-9-22-10-6-13)17(20(27)21(24)28)19(26)14-7-11-23-12-8-14/h1-12,18,25-26H/b19-17+. The Labute approximate surface area is 160 Å². The van der Waals surface area contributed by atoms with Gasteiger partial charge in [-0.15, -0.1) is 0 Å². The van der Waals surface area contributed by atoms with Crippen molar-refractivity contribution >= 4 is 23.1 Å². The molecule has 1 unspecified atom stereocenters. The van der Waals surface area contributed by atoms with E-state index in [1.807, 2.05) is 0 Å². The summed E-state index contributed by atoms with van der Waals surface area (Å²) >= 11 is 0. The van der Waals surface area contributed by atoms with E-state index in [0.717, 1.165) is 0 Å². The van der Waals surface area contributed by atoms with Crippen molar-refractivity contribution in [2.45, 2.75) is 6.04 Å². The predicted octanol–water partition coefficient (Wildman–Crippen LogP) is 2.81. The van der Waals surface area contributed by atoms with Crippen LogP contribution < -0.4 is 4.90 Å². The number of aromatic nitrogens is 2. The molecule has 1 amide bonds. The second-order valence-corrected chi connectivity index (χ2v) is 6.17. The van der Waals surface area contributed by atoms with Crippen LogP contribution in [0.3, 0.4) is 0 Å². The average molecular weight is 373 g/mol. The van der Waals surface area contributed by atoms with Gasteiger partial charge in [-0.2, -0.15) is 0 Å². The summed E-state index contributed by atoms with van der Waals surface area (Å²) < 4.78 is 0. The van der Waals surface area contributed by atoms with Crippen LogP contribution in [-0.4, -0.2) is 31.9 Å². The minimum absolute atomic E-state index is 0.0642. The molecule has 3 aromatic rings. The van der Waals surface area contributed by atoms with E-state index < -0.39 is 17.7 Å². The average Bonchev–Trinajstić information content (AvgIpc) is 3.00. The van der Waals surface area contributed by atoms with Crippen LogP contribution in [0.4, 0.5) is 5.69 Å².